The van der Waals surface area contributed by atoms with Crippen LogP contribution in [0.5, 0.6) is 0 Å². The minimum absolute atomic E-state index is 0.0960. The summed E-state index contributed by atoms with van der Waals surface area (Å²) < 4.78 is 0. The SMILES string of the molecule is O=C1C2C3C=CC(C3=C3CCCC3)C2C(=O)N1c1ccc(Cl)c(Cl)c1. The Morgan fingerprint density at radius 2 is 1.48 bits per heavy atom. The van der Waals surface area contributed by atoms with Crippen LogP contribution in [0.3, 0.4) is 0 Å². The van der Waals surface area contributed by atoms with Crippen molar-refractivity contribution in [3.63, 3.8) is 0 Å². The van der Waals surface area contributed by atoms with Gasteiger partial charge in [0, 0.05) is 11.8 Å². The van der Waals surface area contributed by atoms with Crippen molar-refractivity contribution in [3.8, 4) is 0 Å². The molecule has 0 radical (unpaired) electrons. The van der Waals surface area contributed by atoms with E-state index in [1.54, 1.807) is 18.2 Å². The van der Waals surface area contributed by atoms with Crippen molar-refractivity contribution in [1.82, 2.24) is 0 Å². The van der Waals surface area contributed by atoms with Gasteiger partial charge in [-0.1, -0.05) is 46.5 Å². The molecule has 1 saturated heterocycles. The largest absolute Gasteiger partial charge is 0.274 e. The Morgan fingerprint density at radius 1 is 0.880 bits per heavy atom. The number of carbonyl (C=O) groups excluding carboxylic acids is 2. The van der Waals surface area contributed by atoms with Gasteiger partial charge in [0.15, 0.2) is 0 Å². The van der Waals surface area contributed by atoms with Crippen LogP contribution in [0.2, 0.25) is 10.0 Å². The Kier molecular flexibility index (Phi) is 3.42. The molecule has 3 fully saturated rings. The third-order valence-corrected chi connectivity index (χ3v) is 6.93. The smallest absolute Gasteiger partial charge is 0.238 e. The first-order valence-corrected chi connectivity index (χ1v) is 9.56. The monoisotopic (exact) mass is 373 g/mol. The van der Waals surface area contributed by atoms with E-state index in [1.165, 1.54) is 28.9 Å². The average molecular weight is 374 g/mol. The standard InChI is InChI=1S/C20H17Cl2NO2/c21-14-8-5-11(9-15(14)22)23-19(24)17-12-6-7-13(18(17)20(23)25)16(12)10-3-1-2-4-10/h5-9,12-13,17-18H,1-4H2. The number of nitrogens with zero attached hydrogens (tertiary/aromatic N) is 1. The summed E-state index contributed by atoms with van der Waals surface area (Å²) in [5.74, 6) is -0.484. The number of anilines is 1. The third-order valence-electron chi connectivity index (χ3n) is 6.19. The van der Waals surface area contributed by atoms with E-state index >= 15 is 0 Å². The summed E-state index contributed by atoms with van der Waals surface area (Å²) in [5, 5.41) is 0.770. The number of imide groups is 1. The van der Waals surface area contributed by atoms with E-state index in [0.717, 1.165) is 12.8 Å². The quantitative estimate of drug-likeness (QED) is 0.524. The van der Waals surface area contributed by atoms with Crippen molar-refractivity contribution in [2.24, 2.45) is 23.7 Å². The molecule has 0 spiro atoms. The number of amides is 2. The molecule has 5 heteroatoms. The van der Waals surface area contributed by atoms with Crippen molar-refractivity contribution in [2.75, 3.05) is 4.90 Å². The molecule has 0 aromatic heterocycles. The molecule has 4 atom stereocenters. The Bertz CT molecular complexity index is 830. The number of halogens is 2. The van der Waals surface area contributed by atoms with Crippen LogP contribution in [0.4, 0.5) is 5.69 Å². The maximum Gasteiger partial charge on any atom is 0.238 e. The van der Waals surface area contributed by atoms with Crippen LogP contribution in [0, 0.1) is 23.7 Å². The first-order chi connectivity index (χ1) is 12.1. The molecule has 1 heterocycles. The van der Waals surface area contributed by atoms with E-state index in [2.05, 4.69) is 12.2 Å². The fourth-order valence-electron chi connectivity index (χ4n) is 5.20. The molecule has 2 saturated carbocycles. The minimum Gasteiger partial charge on any atom is -0.274 e. The molecule has 3 nitrogen and oxygen atoms in total. The molecular weight excluding hydrogens is 357 g/mol. The summed E-state index contributed by atoms with van der Waals surface area (Å²) in [4.78, 5) is 27.6. The van der Waals surface area contributed by atoms with E-state index in [0.29, 0.717) is 15.7 Å². The van der Waals surface area contributed by atoms with Crippen molar-refractivity contribution in [3.05, 3.63) is 51.5 Å². The number of allylic oxidation sites excluding steroid dienone is 4. The fourth-order valence-corrected chi connectivity index (χ4v) is 5.50. The van der Waals surface area contributed by atoms with Crippen LogP contribution in [0.15, 0.2) is 41.5 Å². The number of benzene rings is 1. The predicted octanol–water partition coefficient (Wildman–Crippen LogP) is 4.79. The van der Waals surface area contributed by atoms with Gasteiger partial charge in [0.05, 0.1) is 27.6 Å². The van der Waals surface area contributed by atoms with Crippen molar-refractivity contribution < 1.29 is 9.59 Å². The molecule has 2 bridgehead atoms. The minimum atomic E-state index is -0.250. The van der Waals surface area contributed by atoms with Crippen LogP contribution in [-0.4, -0.2) is 11.8 Å². The second-order valence-electron chi connectivity index (χ2n) is 7.36. The second kappa shape index (κ2) is 5.46. The molecule has 1 aliphatic heterocycles. The topological polar surface area (TPSA) is 37.4 Å². The van der Waals surface area contributed by atoms with Gasteiger partial charge in [-0.05, 0) is 43.9 Å². The van der Waals surface area contributed by atoms with Crippen molar-refractivity contribution >= 4 is 40.7 Å². The number of carbonyl (C=O) groups is 2. The van der Waals surface area contributed by atoms with Crippen LogP contribution in [0.25, 0.3) is 0 Å². The fraction of sp³-hybridized carbons (Fsp3) is 0.400. The van der Waals surface area contributed by atoms with Gasteiger partial charge in [0.1, 0.15) is 0 Å². The molecule has 3 aliphatic carbocycles. The van der Waals surface area contributed by atoms with E-state index in [9.17, 15) is 9.59 Å². The number of rotatable bonds is 1. The third kappa shape index (κ3) is 2.06. The Morgan fingerprint density at radius 3 is 2.04 bits per heavy atom. The van der Waals surface area contributed by atoms with E-state index < -0.39 is 0 Å². The normalized spacial score (nSPS) is 33.1. The molecular formula is C20H17Cl2NO2. The van der Waals surface area contributed by atoms with Crippen LogP contribution < -0.4 is 4.90 Å². The van der Waals surface area contributed by atoms with Gasteiger partial charge in [0.25, 0.3) is 0 Å². The molecule has 1 aromatic rings. The van der Waals surface area contributed by atoms with Gasteiger partial charge in [-0.3, -0.25) is 9.59 Å². The molecule has 2 amide bonds. The molecule has 5 rings (SSSR count). The summed E-state index contributed by atoms with van der Waals surface area (Å²) in [5.41, 5.74) is 3.40. The summed E-state index contributed by atoms with van der Waals surface area (Å²) >= 11 is 12.1. The Labute approximate surface area is 156 Å². The lowest BCUT2D eigenvalue weighted by Gasteiger charge is -2.20. The Balaban J connectivity index is 1.55. The molecule has 0 N–H and O–H groups in total. The highest BCUT2D eigenvalue weighted by Gasteiger charge is 2.62. The van der Waals surface area contributed by atoms with Crippen LogP contribution in [-0.2, 0) is 9.59 Å². The molecule has 128 valence electrons. The molecule has 25 heavy (non-hydrogen) atoms. The van der Waals surface area contributed by atoms with Crippen LogP contribution in [0.1, 0.15) is 25.7 Å². The van der Waals surface area contributed by atoms with Gasteiger partial charge >= 0.3 is 0 Å². The maximum absolute atomic E-state index is 13.1. The highest BCUT2D eigenvalue weighted by atomic mass is 35.5. The summed E-state index contributed by atoms with van der Waals surface area (Å²) in [7, 11) is 0. The van der Waals surface area contributed by atoms with Gasteiger partial charge < -0.3 is 0 Å². The summed E-state index contributed by atoms with van der Waals surface area (Å²) in [6.45, 7) is 0. The van der Waals surface area contributed by atoms with E-state index in [1.807, 2.05) is 0 Å². The van der Waals surface area contributed by atoms with Gasteiger partial charge in [0.2, 0.25) is 11.8 Å². The lowest BCUT2D eigenvalue weighted by molar-refractivity contribution is -0.122. The highest BCUT2D eigenvalue weighted by Crippen LogP contribution is 2.58. The lowest BCUT2D eigenvalue weighted by Crippen LogP contribution is -2.33. The van der Waals surface area contributed by atoms with Gasteiger partial charge in [-0.15, -0.1) is 0 Å². The lowest BCUT2D eigenvalue weighted by atomic mass is 9.85. The Hall–Kier alpha value is -1.58. The van der Waals surface area contributed by atoms with E-state index in [-0.39, 0.29) is 35.5 Å². The highest BCUT2D eigenvalue weighted by molar-refractivity contribution is 6.42. The second-order valence-corrected chi connectivity index (χ2v) is 8.18. The van der Waals surface area contributed by atoms with Crippen molar-refractivity contribution in [1.29, 1.82) is 0 Å². The number of hydrogen-bond donors (Lipinski definition) is 0. The van der Waals surface area contributed by atoms with Gasteiger partial charge in [-0.25, -0.2) is 4.90 Å². The number of fused-ring (bicyclic) bond motifs is 5. The summed E-state index contributed by atoms with van der Waals surface area (Å²) in [6.07, 6.45) is 9.01. The summed E-state index contributed by atoms with van der Waals surface area (Å²) in [6, 6.07) is 4.93. The zero-order chi connectivity index (χ0) is 17.3. The van der Waals surface area contributed by atoms with E-state index in [4.69, 9.17) is 23.2 Å². The average Bonchev–Trinajstić information content (AvgIpc) is 3.33. The molecule has 4 aliphatic rings. The van der Waals surface area contributed by atoms with Gasteiger partial charge in [-0.2, -0.15) is 0 Å². The van der Waals surface area contributed by atoms with Crippen molar-refractivity contribution in [2.45, 2.75) is 25.7 Å². The van der Waals surface area contributed by atoms with Crippen LogP contribution >= 0.6 is 23.2 Å². The zero-order valence-corrected chi connectivity index (χ0v) is 15.1. The predicted molar refractivity (Wildman–Crippen MR) is 97.5 cm³/mol. The first kappa shape index (κ1) is 15.7. The zero-order valence-electron chi connectivity index (χ0n) is 13.5. The molecule has 1 aromatic carbocycles. The maximum atomic E-state index is 13.1. The number of hydrogen-bond acceptors (Lipinski definition) is 2. The first-order valence-electron chi connectivity index (χ1n) is 8.81. The molecule has 4 unspecified atom stereocenters.